The number of carbonyl (C=O) groups is 1. The Bertz CT molecular complexity index is 747. The van der Waals surface area contributed by atoms with E-state index in [4.69, 9.17) is 9.47 Å². The summed E-state index contributed by atoms with van der Waals surface area (Å²) in [6.45, 7) is 4.45. The van der Waals surface area contributed by atoms with Gasteiger partial charge in [-0.15, -0.1) is 0 Å². The van der Waals surface area contributed by atoms with Crippen molar-refractivity contribution in [3.05, 3.63) is 0 Å². The van der Waals surface area contributed by atoms with E-state index < -0.39 is 52.4 Å². The second-order valence-corrected chi connectivity index (χ2v) is 10.6. The number of Topliss-reactive ketones (excluding diaryl/α,β-unsaturated/α-hetero) is 1. The summed E-state index contributed by atoms with van der Waals surface area (Å²) in [5.41, 5.74) is -3.86. The molecule has 4 bridgehead atoms. The van der Waals surface area contributed by atoms with Crippen LogP contribution >= 0.6 is 0 Å². The monoisotopic (exact) mass is 380 g/mol. The van der Waals surface area contributed by atoms with Gasteiger partial charge in [-0.1, -0.05) is 13.8 Å². The Balaban J connectivity index is 1.64. The molecule has 3 unspecified atom stereocenters. The van der Waals surface area contributed by atoms with Crippen molar-refractivity contribution in [2.45, 2.75) is 69.2 Å². The lowest BCUT2D eigenvalue weighted by molar-refractivity contribution is -0.458. The summed E-state index contributed by atoms with van der Waals surface area (Å²) in [5, 5.41) is 45.6. The van der Waals surface area contributed by atoms with Crippen LogP contribution in [0, 0.1) is 34.0 Å². The number of hydrogen-bond acceptors (Lipinski definition) is 7. The smallest absolute Gasteiger partial charge is 0.208 e. The molecule has 0 amide bonds. The third kappa shape index (κ3) is 1.41. The third-order valence-corrected chi connectivity index (χ3v) is 9.58. The first-order valence-electron chi connectivity index (χ1n) is 10.2. The van der Waals surface area contributed by atoms with Crippen LogP contribution in [0.1, 0.15) is 39.5 Å². The molecule has 0 aromatic rings. The second-order valence-electron chi connectivity index (χ2n) is 10.6. The number of ether oxygens (including phenoxy) is 2. The van der Waals surface area contributed by atoms with E-state index in [1.54, 1.807) is 0 Å². The molecule has 7 fully saturated rings. The van der Waals surface area contributed by atoms with Gasteiger partial charge in [0.05, 0.1) is 25.4 Å². The van der Waals surface area contributed by atoms with Gasteiger partial charge in [0.15, 0.2) is 11.4 Å². The Labute approximate surface area is 157 Å². The zero-order chi connectivity index (χ0) is 19.2. The van der Waals surface area contributed by atoms with E-state index in [-0.39, 0.29) is 30.3 Å². The highest BCUT2D eigenvalue weighted by atomic mass is 16.6. The lowest BCUT2D eigenvalue weighted by atomic mass is 9.35. The minimum absolute atomic E-state index is 0.0980. The molecule has 150 valence electrons. The minimum atomic E-state index is -2.15. The Hall–Kier alpha value is -0.570. The highest BCUT2D eigenvalue weighted by Crippen LogP contribution is 2.78. The standard InChI is InChI=1S/C20H28O7/c1-16(2)6-5-11(21)17-7-27-20(25,14(23)12(16)17)19-10(17)4-3-9(13(19)22)18(8-26-18)15(19)24/h9-14,21-23,25H,3-8H2,1-2H3/t9-,10?,11-,12?,13+,14-,17+,18+,19+,20?/m0/s1. The molecule has 0 aromatic heterocycles. The van der Waals surface area contributed by atoms with Gasteiger partial charge in [-0.25, -0.2) is 0 Å². The lowest BCUT2D eigenvalue weighted by Gasteiger charge is -2.74. The van der Waals surface area contributed by atoms with Crippen LogP contribution < -0.4 is 0 Å². The van der Waals surface area contributed by atoms with Crippen molar-refractivity contribution in [3.8, 4) is 0 Å². The molecule has 3 heterocycles. The molecular formula is C20H28O7. The Morgan fingerprint density at radius 1 is 1.00 bits per heavy atom. The summed E-state index contributed by atoms with van der Waals surface area (Å²) >= 11 is 0. The van der Waals surface area contributed by atoms with Crippen LogP contribution in [0.3, 0.4) is 0 Å². The van der Waals surface area contributed by atoms with E-state index in [2.05, 4.69) is 13.8 Å². The summed E-state index contributed by atoms with van der Waals surface area (Å²) in [4.78, 5) is 13.7. The number of carbonyl (C=O) groups excluding carboxylic acids is 1. The number of ketones is 1. The number of epoxide rings is 1. The van der Waals surface area contributed by atoms with Crippen LogP contribution in [0.15, 0.2) is 0 Å². The maximum Gasteiger partial charge on any atom is 0.208 e. The fourth-order valence-electron chi connectivity index (χ4n) is 8.53. The van der Waals surface area contributed by atoms with Crippen molar-refractivity contribution in [1.29, 1.82) is 0 Å². The molecule has 7 rings (SSSR count). The Morgan fingerprint density at radius 2 is 1.70 bits per heavy atom. The van der Waals surface area contributed by atoms with Crippen LogP contribution in [-0.2, 0) is 14.3 Å². The van der Waals surface area contributed by atoms with E-state index >= 15 is 0 Å². The van der Waals surface area contributed by atoms with E-state index in [1.807, 2.05) is 0 Å². The Kier molecular flexibility index (Phi) is 2.85. The van der Waals surface area contributed by atoms with E-state index in [9.17, 15) is 25.2 Å². The molecule has 10 atom stereocenters. The van der Waals surface area contributed by atoms with Gasteiger partial charge in [0.25, 0.3) is 0 Å². The van der Waals surface area contributed by atoms with E-state index in [0.29, 0.717) is 19.3 Å². The number of hydrogen-bond donors (Lipinski definition) is 4. The lowest BCUT2D eigenvalue weighted by Crippen LogP contribution is -2.85. The first kappa shape index (κ1) is 17.3. The van der Waals surface area contributed by atoms with Crippen molar-refractivity contribution in [2.75, 3.05) is 13.2 Å². The molecule has 27 heavy (non-hydrogen) atoms. The fourth-order valence-corrected chi connectivity index (χ4v) is 8.53. The number of fused-ring (bicyclic) bond motifs is 3. The summed E-state index contributed by atoms with van der Waals surface area (Å²) in [7, 11) is 0. The van der Waals surface area contributed by atoms with Gasteiger partial charge >= 0.3 is 0 Å². The summed E-state index contributed by atoms with van der Waals surface area (Å²) < 4.78 is 11.4. The normalized spacial score (nSPS) is 65.2. The van der Waals surface area contributed by atoms with Crippen molar-refractivity contribution in [1.82, 2.24) is 0 Å². The van der Waals surface area contributed by atoms with Crippen LogP contribution in [0.2, 0.25) is 0 Å². The van der Waals surface area contributed by atoms with Crippen LogP contribution in [0.25, 0.3) is 0 Å². The topological polar surface area (TPSA) is 120 Å². The summed E-state index contributed by atoms with van der Waals surface area (Å²) in [5.74, 6) is -3.71. The van der Waals surface area contributed by atoms with Gasteiger partial charge in [-0.3, -0.25) is 4.79 Å². The molecule has 7 heteroatoms. The largest absolute Gasteiger partial charge is 0.392 e. The van der Waals surface area contributed by atoms with Crippen molar-refractivity contribution in [2.24, 2.45) is 34.0 Å². The van der Waals surface area contributed by atoms with Gasteiger partial charge < -0.3 is 29.9 Å². The molecule has 7 nitrogen and oxygen atoms in total. The van der Waals surface area contributed by atoms with Gasteiger partial charge in [-0.05, 0) is 37.0 Å². The van der Waals surface area contributed by atoms with Crippen molar-refractivity contribution < 1.29 is 34.7 Å². The van der Waals surface area contributed by atoms with Crippen LogP contribution in [-0.4, -0.2) is 69.1 Å². The molecule has 4 saturated carbocycles. The van der Waals surface area contributed by atoms with E-state index in [0.717, 1.165) is 6.42 Å². The summed E-state index contributed by atoms with van der Waals surface area (Å²) in [6.07, 6.45) is -0.724. The highest BCUT2D eigenvalue weighted by molar-refractivity contribution is 6.00. The molecule has 0 radical (unpaired) electrons. The summed E-state index contributed by atoms with van der Waals surface area (Å²) in [6, 6.07) is 0. The predicted molar refractivity (Wildman–Crippen MR) is 90.2 cm³/mol. The minimum Gasteiger partial charge on any atom is -0.392 e. The molecule has 0 aromatic carbocycles. The average Bonchev–Trinajstić information content (AvgIpc) is 3.40. The van der Waals surface area contributed by atoms with Gasteiger partial charge in [-0.2, -0.15) is 0 Å². The molecular weight excluding hydrogens is 352 g/mol. The van der Waals surface area contributed by atoms with Crippen molar-refractivity contribution >= 4 is 5.78 Å². The molecule has 3 saturated heterocycles. The average molecular weight is 380 g/mol. The van der Waals surface area contributed by atoms with Crippen molar-refractivity contribution in [3.63, 3.8) is 0 Å². The van der Waals surface area contributed by atoms with Gasteiger partial charge in [0.2, 0.25) is 5.79 Å². The first-order chi connectivity index (χ1) is 12.6. The zero-order valence-corrected chi connectivity index (χ0v) is 15.7. The SMILES string of the molecule is CC1(C)CC[C@H](O)[C@]23COC(O)([C@@H](O)C12)[C@]12C(=O)[C@@]4(CO4)[C@@H](CCC31)[C@H]2O. The van der Waals surface area contributed by atoms with Gasteiger partial charge in [0, 0.05) is 17.3 Å². The highest BCUT2D eigenvalue weighted by Gasteiger charge is 2.91. The molecule has 4 N–H and O–H groups in total. The van der Waals surface area contributed by atoms with Crippen LogP contribution in [0.5, 0.6) is 0 Å². The molecule has 3 spiro atoms. The third-order valence-electron chi connectivity index (χ3n) is 9.58. The predicted octanol–water partition coefficient (Wildman–Crippen LogP) is -0.412. The maximum atomic E-state index is 13.7. The molecule has 3 aliphatic heterocycles. The van der Waals surface area contributed by atoms with Crippen LogP contribution in [0.4, 0.5) is 0 Å². The first-order valence-corrected chi connectivity index (χ1v) is 10.2. The molecule has 4 aliphatic carbocycles. The number of rotatable bonds is 0. The number of aliphatic hydroxyl groups excluding tert-OH is 3. The van der Waals surface area contributed by atoms with E-state index in [1.165, 1.54) is 0 Å². The molecule has 7 aliphatic rings. The quantitative estimate of drug-likeness (QED) is 0.422. The maximum absolute atomic E-state index is 13.7. The Morgan fingerprint density at radius 3 is 2.37 bits per heavy atom. The van der Waals surface area contributed by atoms with Gasteiger partial charge in [0.1, 0.15) is 11.5 Å². The number of aliphatic hydroxyl groups is 4. The fraction of sp³-hybridized carbons (Fsp3) is 0.950. The second kappa shape index (κ2) is 4.45. The zero-order valence-electron chi connectivity index (χ0n) is 15.7.